The van der Waals surface area contributed by atoms with Gasteiger partial charge in [0.15, 0.2) is 17.0 Å². The van der Waals surface area contributed by atoms with Crippen LogP contribution in [0, 0.1) is 0 Å². The molecule has 0 saturated carbocycles. The predicted molar refractivity (Wildman–Crippen MR) is 121 cm³/mol. The number of morpholine rings is 1. The predicted octanol–water partition coefficient (Wildman–Crippen LogP) is 1.69. The number of hydrogen-bond donors (Lipinski definition) is 2. The molecule has 1 aliphatic rings. The molecule has 3 N–H and O–H groups in total. The van der Waals surface area contributed by atoms with Crippen LogP contribution in [0.4, 0.5) is 5.82 Å². The molecule has 3 rings (SSSR count). The summed E-state index contributed by atoms with van der Waals surface area (Å²) in [5, 5.41) is 3.54. The third kappa shape index (κ3) is 6.91. The molecule has 3 heterocycles. The summed E-state index contributed by atoms with van der Waals surface area (Å²) < 4.78 is 18.4. The Morgan fingerprint density at radius 2 is 1.84 bits per heavy atom. The van der Waals surface area contributed by atoms with Gasteiger partial charge in [-0.05, 0) is 45.3 Å². The number of nitrogens with one attached hydrogen (secondary N) is 1. The second-order valence-corrected chi connectivity index (χ2v) is 7.78. The third-order valence-electron chi connectivity index (χ3n) is 5.39. The van der Waals surface area contributed by atoms with Crippen molar-refractivity contribution in [2.75, 3.05) is 65.4 Å². The van der Waals surface area contributed by atoms with Gasteiger partial charge in [0.1, 0.15) is 0 Å². The minimum atomic E-state index is 0.296. The normalized spacial score (nSPS) is 14.9. The standard InChI is InChI=1S/C21H37N7O3/c1-3-4-14-31-20-25-18(22)17-19(26-20)28(21(24-17)29-2)11-6-5-8-23-9-7-10-27-12-15-30-16-13-27/h23H,3-16H2,1-2H3,(H2,22,25,26). The molecule has 10 nitrogen and oxygen atoms in total. The highest BCUT2D eigenvalue weighted by Gasteiger charge is 2.17. The number of nitrogen functional groups attached to an aromatic ring is 1. The summed E-state index contributed by atoms with van der Waals surface area (Å²) >= 11 is 0. The number of hydrogen-bond acceptors (Lipinski definition) is 9. The number of aromatic nitrogens is 4. The highest BCUT2D eigenvalue weighted by molar-refractivity contribution is 5.83. The van der Waals surface area contributed by atoms with Crippen molar-refractivity contribution < 1.29 is 14.2 Å². The van der Waals surface area contributed by atoms with Crippen molar-refractivity contribution in [2.45, 2.75) is 45.6 Å². The number of nitrogens with two attached hydrogens (primary N) is 1. The quantitative estimate of drug-likeness (QED) is 0.428. The van der Waals surface area contributed by atoms with Crippen LogP contribution >= 0.6 is 0 Å². The van der Waals surface area contributed by atoms with Crippen molar-refractivity contribution in [1.29, 1.82) is 0 Å². The topological polar surface area (TPSA) is 113 Å². The van der Waals surface area contributed by atoms with E-state index < -0.39 is 0 Å². The molecule has 0 aromatic carbocycles. The fourth-order valence-corrected chi connectivity index (χ4v) is 3.61. The van der Waals surface area contributed by atoms with Gasteiger partial charge in [0.2, 0.25) is 0 Å². The van der Waals surface area contributed by atoms with E-state index in [0.29, 0.717) is 35.6 Å². The molecule has 2 aromatic rings. The van der Waals surface area contributed by atoms with Gasteiger partial charge in [-0.1, -0.05) is 13.3 Å². The zero-order valence-electron chi connectivity index (χ0n) is 18.9. The summed E-state index contributed by atoms with van der Waals surface area (Å²) in [6.07, 6.45) is 5.19. The first-order chi connectivity index (χ1) is 15.2. The van der Waals surface area contributed by atoms with Crippen LogP contribution in [0.15, 0.2) is 0 Å². The molecular formula is C21H37N7O3. The van der Waals surface area contributed by atoms with E-state index in [1.54, 1.807) is 7.11 Å². The van der Waals surface area contributed by atoms with Crippen molar-refractivity contribution in [3.05, 3.63) is 0 Å². The molecule has 0 amide bonds. The number of unbranched alkanes of at least 4 members (excludes halogenated alkanes) is 2. The fraction of sp³-hybridized carbons (Fsp3) is 0.762. The molecule has 1 saturated heterocycles. The molecule has 1 fully saturated rings. The zero-order valence-corrected chi connectivity index (χ0v) is 18.9. The van der Waals surface area contributed by atoms with E-state index in [0.717, 1.165) is 84.6 Å². The lowest BCUT2D eigenvalue weighted by Crippen LogP contribution is -2.37. The number of methoxy groups -OCH3 is 1. The maximum atomic E-state index is 6.09. The largest absolute Gasteiger partial charge is 0.468 e. The lowest BCUT2D eigenvalue weighted by Gasteiger charge is -2.26. The Kier molecular flexibility index (Phi) is 9.57. The second-order valence-electron chi connectivity index (χ2n) is 7.78. The van der Waals surface area contributed by atoms with Crippen molar-refractivity contribution in [1.82, 2.24) is 29.7 Å². The van der Waals surface area contributed by atoms with Crippen molar-refractivity contribution in [3.63, 3.8) is 0 Å². The fourth-order valence-electron chi connectivity index (χ4n) is 3.61. The Morgan fingerprint density at radius 3 is 2.61 bits per heavy atom. The average Bonchev–Trinajstić information content (AvgIpc) is 3.14. The minimum Gasteiger partial charge on any atom is -0.468 e. The molecular weight excluding hydrogens is 398 g/mol. The van der Waals surface area contributed by atoms with Crippen LogP contribution in [0.25, 0.3) is 11.2 Å². The molecule has 0 radical (unpaired) electrons. The van der Waals surface area contributed by atoms with Gasteiger partial charge in [0.25, 0.3) is 6.01 Å². The van der Waals surface area contributed by atoms with Gasteiger partial charge in [0.05, 0.1) is 26.9 Å². The molecule has 174 valence electrons. The minimum absolute atomic E-state index is 0.296. The Hall–Kier alpha value is -2.17. The van der Waals surface area contributed by atoms with Gasteiger partial charge >= 0.3 is 6.01 Å². The smallest absolute Gasteiger partial charge is 0.320 e. The maximum Gasteiger partial charge on any atom is 0.320 e. The molecule has 2 aromatic heterocycles. The van der Waals surface area contributed by atoms with Crippen LogP contribution in [0.3, 0.4) is 0 Å². The first-order valence-electron chi connectivity index (χ1n) is 11.4. The highest BCUT2D eigenvalue weighted by Crippen LogP contribution is 2.25. The van der Waals surface area contributed by atoms with E-state index in [-0.39, 0.29) is 0 Å². The number of ether oxygens (including phenoxy) is 3. The molecule has 1 aliphatic heterocycles. The van der Waals surface area contributed by atoms with Crippen LogP contribution in [-0.4, -0.2) is 84.1 Å². The van der Waals surface area contributed by atoms with Gasteiger partial charge in [-0.3, -0.25) is 9.47 Å². The first kappa shape index (κ1) is 23.5. The Labute approximate surface area is 184 Å². The molecule has 0 unspecified atom stereocenters. The van der Waals surface area contributed by atoms with Gasteiger partial charge in [-0.15, -0.1) is 0 Å². The molecule has 0 spiro atoms. The third-order valence-corrected chi connectivity index (χ3v) is 5.39. The van der Waals surface area contributed by atoms with Gasteiger partial charge in [-0.25, -0.2) is 0 Å². The summed E-state index contributed by atoms with van der Waals surface area (Å²) in [7, 11) is 1.61. The molecule has 31 heavy (non-hydrogen) atoms. The van der Waals surface area contributed by atoms with Gasteiger partial charge in [0, 0.05) is 19.6 Å². The SMILES string of the molecule is CCCCOc1nc(N)c2nc(OC)n(CCCCNCCCN3CCOCC3)c2n1. The lowest BCUT2D eigenvalue weighted by atomic mass is 10.3. The average molecular weight is 436 g/mol. The number of anilines is 1. The molecule has 0 atom stereocenters. The van der Waals surface area contributed by atoms with E-state index in [9.17, 15) is 0 Å². The van der Waals surface area contributed by atoms with Gasteiger partial charge in [-0.2, -0.15) is 15.0 Å². The Balaban J connectivity index is 1.45. The van der Waals surface area contributed by atoms with Crippen molar-refractivity contribution in [3.8, 4) is 12.0 Å². The van der Waals surface area contributed by atoms with Crippen molar-refractivity contribution >= 4 is 17.0 Å². The maximum absolute atomic E-state index is 6.09. The summed E-state index contributed by atoms with van der Waals surface area (Å²) in [6.45, 7) is 10.4. The lowest BCUT2D eigenvalue weighted by molar-refractivity contribution is 0.0374. The van der Waals surface area contributed by atoms with Crippen LogP contribution < -0.4 is 20.5 Å². The summed E-state index contributed by atoms with van der Waals surface area (Å²) in [5.41, 5.74) is 7.31. The van der Waals surface area contributed by atoms with E-state index in [1.165, 1.54) is 0 Å². The van der Waals surface area contributed by atoms with E-state index in [2.05, 4.69) is 32.1 Å². The van der Waals surface area contributed by atoms with E-state index in [4.69, 9.17) is 19.9 Å². The number of aryl methyl sites for hydroxylation is 1. The molecule has 10 heteroatoms. The number of nitrogens with zero attached hydrogens (tertiary/aromatic N) is 5. The zero-order chi connectivity index (χ0) is 21.9. The van der Waals surface area contributed by atoms with Crippen LogP contribution in [0.2, 0.25) is 0 Å². The summed E-state index contributed by atoms with van der Waals surface area (Å²) in [6, 6.07) is 0.796. The van der Waals surface area contributed by atoms with Crippen molar-refractivity contribution in [2.24, 2.45) is 0 Å². The van der Waals surface area contributed by atoms with Gasteiger partial charge < -0.3 is 25.3 Å². The number of fused-ring (bicyclic) bond motifs is 1. The number of rotatable bonds is 14. The van der Waals surface area contributed by atoms with E-state index >= 15 is 0 Å². The summed E-state index contributed by atoms with van der Waals surface area (Å²) in [5.74, 6) is 0.315. The molecule has 0 aliphatic carbocycles. The van der Waals surface area contributed by atoms with Crippen LogP contribution in [0.1, 0.15) is 39.0 Å². The second kappa shape index (κ2) is 12.6. The highest BCUT2D eigenvalue weighted by atomic mass is 16.5. The summed E-state index contributed by atoms with van der Waals surface area (Å²) in [4.78, 5) is 15.7. The van der Waals surface area contributed by atoms with E-state index in [1.807, 2.05) is 4.57 Å². The number of imidazole rings is 1. The van der Waals surface area contributed by atoms with Crippen LogP contribution in [0.5, 0.6) is 12.0 Å². The monoisotopic (exact) mass is 435 g/mol. The Bertz CT molecular complexity index is 793. The first-order valence-corrected chi connectivity index (χ1v) is 11.4. The molecule has 0 bridgehead atoms. The Morgan fingerprint density at radius 1 is 1.03 bits per heavy atom. The van der Waals surface area contributed by atoms with Crippen LogP contribution in [-0.2, 0) is 11.3 Å².